The molecule has 0 saturated carbocycles. The lowest BCUT2D eigenvalue weighted by molar-refractivity contribution is 0.0946. The smallest absolute Gasteiger partial charge is 0.272 e. The van der Waals surface area contributed by atoms with Crippen LogP contribution in [0.15, 0.2) is 71.5 Å². The molecule has 8 heteroatoms. The third kappa shape index (κ3) is 4.07. The maximum Gasteiger partial charge on any atom is 0.272 e. The lowest BCUT2D eigenvalue weighted by atomic mass is 10.2. The number of aromatic nitrogens is 3. The minimum atomic E-state index is -0.334. The van der Waals surface area contributed by atoms with Crippen LogP contribution in [0.5, 0.6) is 11.6 Å². The van der Waals surface area contributed by atoms with Gasteiger partial charge in [-0.25, -0.2) is 9.37 Å². The number of H-pyrrole nitrogens is 1. The van der Waals surface area contributed by atoms with E-state index in [0.29, 0.717) is 23.1 Å². The molecule has 0 saturated heterocycles. The van der Waals surface area contributed by atoms with Gasteiger partial charge in [0, 0.05) is 24.9 Å². The predicted molar refractivity (Wildman–Crippen MR) is 98.2 cm³/mol. The van der Waals surface area contributed by atoms with Crippen LogP contribution in [0.1, 0.15) is 16.1 Å². The Labute approximate surface area is 159 Å². The summed E-state index contributed by atoms with van der Waals surface area (Å²) in [5.74, 6) is 0.811. The van der Waals surface area contributed by atoms with E-state index in [2.05, 4.69) is 20.5 Å². The molecule has 3 heterocycles. The largest absolute Gasteiger partial charge is 0.463 e. The number of ether oxygens (including phenoxy) is 1. The Kier molecular flexibility index (Phi) is 4.83. The van der Waals surface area contributed by atoms with Gasteiger partial charge in [0.2, 0.25) is 5.88 Å². The normalized spacial score (nSPS) is 10.6. The molecule has 0 aliphatic carbocycles. The monoisotopic (exact) mass is 378 g/mol. The quantitative estimate of drug-likeness (QED) is 0.530. The molecule has 0 aliphatic heterocycles. The van der Waals surface area contributed by atoms with Crippen molar-refractivity contribution >= 4 is 5.91 Å². The second-order valence-electron chi connectivity index (χ2n) is 5.89. The van der Waals surface area contributed by atoms with E-state index >= 15 is 0 Å². The van der Waals surface area contributed by atoms with Crippen molar-refractivity contribution in [1.29, 1.82) is 0 Å². The van der Waals surface area contributed by atoms with Crippen molar-refractivity contribution in [3.05, 3.63) is 84.1 Å². The van der Waals surface area contributed by atoms with Crippen LogP contribution in [-0.4, -0.2) is 21.1 Å². The average molecular weight is 378 g/mol. The fourth-order valence-corrected chi connectivity index (χ4v) is 2.47. The first-order valence-electron chi connectivity index (χ1n) is 8.43. The Morgan fingerprint density at radius 2 is 2.04 bits per heavy atom. The van der Waals surface area contributed by atoms with Gasteiger partial charge in [-0.2, -0.15) is 5.10 Å². The first-order chi connectivity index (χ1) is 13.7. The van der Waals surface area contributed by atoms with Gasteiger partial charge in [-0.15, -0.1) is 0 Å². The Bertz CT molecular complexity index is 1060. The number of carbonyl (C=O) groups is 1. The Morgan fingerprint density at radius 1 is 1.18 bits per heavy atom. The van der Waals surface area contributed by atoms with Crippen molar-refractivity contribution in [2.24, 2.45) is 0 Å². The van der Waals surface area contributed by atoms with Crippen LogP contribution < -0.4 is 10.1 Å². The maximum absolute atomic E-state index is 12.9. The van der Waals surface area contributed by atoms with E-state index < -0.39 is 0 Å². The fraction of sp³-hybridized carbons (Fsp3) is 0.0500. The van der Waals surface area contributed by atoms with Crippen molar-refractivity contribution in [3.8, 4) is 23.1 Å². The average Bonchev–Trinajstić information content (AvgIpc) is 3.41. The number of nitrogens with zero attached hydrogens (tertiary/aromatic N) is 2. The molecule has 2 N–H and O–H groups in total. The van der Waals surface area contributed by atoms with Gasteiger partial charge in [0.15, 0.2) is 11.5 Å². The van der Waals surface area contributed by atoms with Crippen LogP contribution in [0.3, 0.4) is 0 Å². The molecular weight excluding hydrogens is 363 g/mol. The third-order valence-electron chi connectivity index (χ3n) is 3.88. The highest BCUT2D eigenvalue weighted by Crippen LogP contribution is 2.20. The molecule has 0 aliphatic rings. The highest BCUT2D eigenvalue weighted by atomic mass is 19.1. The molecule has 0 fully saturated rings. The zero-order chi connectivity index (χ0) is 19.3. The van der Waals surface area contributed by atoms with Gasteiger partial charge >= 0.3 is 0 Å². The molecule has 28 heavy (non-hydrogen) atoms. The van der Waals surface area contributed by atoms with Crippen molar-refractivity contribution in [1.82, 2.24) is 20.5 Å². The number of benzene rings is 1. The van der Waals surface area contributed by atoms with Gasteiger partial charge in [-0.05, 0) is 42.0 Å². The number of hydrogen-bond acceptors (Lipinski definition) is 5. The zero-order valence-corrected chi connectivity index (χ0v) is 14.6. The topological polar surface area (TPSA) is 93.0 Å². The summed E-state index contributed by atoms with van der Waals surface area (Å²) in [6, 6.07) is 14.3. The van der Waals surface area contributed by atoms with Gasteiger partial charge in [0.25, 0.3) is 5.91 Å². The second-order valence-corrected chi connectivity index (χ2v) is 5.89. The molecule has 4 rings (SSSR count). The molecule has 0 radical (unpaired) electrons. The van der Waals surface area contributed by atoms with Gasteiger partial charge < -0.3 is 14.5 Å². The predicted octanol–water partition coefficient (Wildman–Crippen LogP) is 3.93. The van der Waals surface area contributed by atoms with Gasteiger partial charge in [0.1, 0.15) is 17.3 Å². The summed E-state index contributed by atoms with van der Waals surface area (Å²) in [4.78, 5) is 16.4. The molecule has 0 spiro atoms. The molecule has 7 nitrogen and oxygen atoms in total. The number of halogens is 1. The lowest BCUT2D eigenvalue weighted by Crippen LogP contribution is -2.23. The van der Waals surface area contributed by atoms with Crippen LogP contribution in [0.2, 0.25) is 0 Å². The summed E-state index contributed by atoms with van der Waals surface area (Å²) in [5.41, 5.74) is 1.68. The number of aromatic amines is 1. The Hall–Kier alpha value is -3.94. The maximum atomic E-state index is 12.9. The minimum absolute atomic E-state index is 0.260. The molecule has 1 amide bonds. The Balaban J connectivity index is 1.33. The molecule has 3 aromatic heterocycles. The van der Waals surface area contributed by atoms with Crippen molar-refractivity contribution in [2.45, 2.75) is 6.54 Å². The summed E-state index contributed by atoms with van der Waals surface area (Å²) in [5, 5.41) is 9.53. The van der Waals surface area contributed by atoms with E-state index in [9.17, 15) is 9.18 Å². The number of furan rings is 1. The summed E-state index contributed by atoms with van der Waals surface area (Å²) >= 11 is 0. The third-order valence-corrected chi connectivity index (χ3v) is 3.88. The minimum Gasteiger partial charge on any atom is -0.463 e. The summed E-state index contributed by atoms with van der Waals surface area (Å²) < 4.78 is 23.7. The molecular formula is C20H15FN4O3. The van der Waals surface area contributed by atoms with E-state index in [1.165, 1.54) is 24.3 Å². The van der Waals surface area contributed by atoms with E-state index in [1.54, 1.807) is 42.8 Å². The van der Waals surface area contributed by atoms with E-state index in [0.717, 1.165) is 5.56 Å². The first-order valence-corrected chi connectivity index (χ1v) is 8.43. The fourth-order valence-electron chi connectivity index (χ4n) is 2.47. The van der Waals surface area contributed by atoms with Crippen molar-refractivity contribution < 1.29 is 18.3 Å². The number of rotatable bonds is 6. The molecule has 140 valence electrons. The molecule has 4 aromatic rings. The number of pyridine rings is 1. The summed E-state index contributed by atoms with van der Waals surface area (Å²) in [6.07, 6.45) is 3.14. The SMILES string of the molecule is O=C(NCc1ccc(Oc2ccc(F)cc2)nc1)c1cc(-c2ccco2)[nH]n1. The molecule has 0 unspecified atom stereocenters. The van der Waals surface area contributed by atoms with E-state index in [-0.39, 0.29) is 24.0 Å². The van der Waals surface area contributed by atoms with E-state index in [1.807, 2.05) is 0 Å². The number of carbonyl (C=O) groups excluding carboxylic acids is 1. The van der Waals surface area contributed by atoms with Gasteiger partial charge in [-0.1, -0.05) is 6.07 Å². The van der Waals surface area contributed by atoms with Crippen molar-refractivity contribution in [2.75, 3.05) is 0 Å². The van der Waals surface area contributed by atoms with Crippen LogP contribution in [-0.2, 0) is 6.54 Å². The number of nitrogens with one attached hydrogen (secondary N) is 2. The highest BCUT2D eigenvalue weighted by molar-refractivity contribution is 5.93. The van der Waals surface area contributed by atoms with Crippen molar-refractivity contribution in [3.63, 3.8) is 0 Å². The summed E-state index contributed by atoms with van der Waals surface area (Å²) in [6.45, 7) is 0.283. The second kappa shape index (κ2) is 7.75. The molecule has 1 aromatic carbocycles. The van der Waals surface area contributed by atoms with Crippen LogP contribution >= 0.6 is 0 Å². The molecule has 0 bridgehead atoms. The van der Waals surface area contributed by atoms with Crippen LogP contribution in [0, 0.1) is 5.82 Å². The van der Waals surface area contributed by atoms with Gasteiger partial charge in [0.05, 0.1) is 6.26 Å². The number of hydrogen-bond donors (Lipinski definition) is 2. The first kappa shape index (κ1) is 17.5. The van der Waals surface area contributed by atoms with Crippen LogP contribution in [0.4, 0.5) is 4.39 Å². The Morgan fingerprint density at radius 3 is 2.75 bits per heavy atom. The highest BCUT2D eigenvalue weighted by Gasteiger charge is 2.12. The molecule has 0 atom stereocenters. The lowest BCUT2D eigenvalue weighted by Gasteiger charge is -2.06. The zero-order valence-electron chi connectivity index (χ0n) is 14.6. The number of amides is 1. The summed E-state index contributed by atoms with van der Waals surface area (Å²) in [7, 11) is 0. The van der Waals surface area contributed by atoms with E-state index in [4.69, 9.17) is 9.15 Å². The van der Waals surface area contributed by atoms with Crippen LogP contribution in [0.25, 0.3) is 11.5 Å². The van der Waals surface area contributed by atoms with Gasteiger partial charge in [-0.3, -0.25) is 9.89 Å². The standard InChI is InChI=1S/C20H15FN4O3/c21-14-4-6-15(7-5-14)28-19-8-3-13(11-22-19)12-23-20(26)17-10-16(24-25-17)18-2-1-9-27-18/h1-11H,12H2,(H,23,26)(H,24,25).